The SMILES string of the molecule is Fc1cc(F)c(OCc2cccnc2F)c(C2CC2NCC2CCNCC2)c1. The van der Waals surface area contributed by atoms with E-state index in [0.29, 0.717) is 11.5 Å². The number of aromatic nitrogens is 1. The van der Waals surface area contributed by atoms with Crippen LogP contribution in [-0.4, -0.2) is 30.7 Å². The Hall–Kier alpha value is -2.12. The highest BCUT2D eigenvalue weighted by Gasteiger charge is 2.41. The average molecular weight is 391 g/mol. The number of rotatable bonds is 7. The molecule has 2 fully saturated rings. The Morgan fingerprint density at radius 3 is 2.79 bits per heavy atom. The summed E-state index contributed by atoms with van der Waals surface area (Å²) in [4.78, 5) is 3.56. The summed E-state index contributed by atoms with van der Waals surface area (Å²) in [7, 11) is 0. The predicted molar refractivity (Wildman–Crippen MR) is 99.6 cm³/mol. The summed E-state index contributed by atoms with van der Waals surface area (Å²) in [6, 6.07) is 5.44. The molecule has 2 atom stereocenters. The minimum Gasteiger partial charge on any atom is -0.485 e. The third-order valence-corrected chi connectivity index (χ3v) is 5.56. The maximum Gasteiger partial charge on any atom is 0.219 e. The van der Waals surface area contributed by atoms with Gasteiger partial charge in [0.2, 0.25) is 5.95 Å². The van der Waals surface area contributed by atoms with Gasteiger partial charge in [0.15, 0.2) is 11.6 Å². The molecule has 0 amide bonds. The van der Waals surface area contributed by atoms with Gasteiger partial charge < -0.3 is 15.4 Å². The first-order valence-electron chi connectivity index (χ1n) is 9.77. The Kier molecular flexibility index (Phi) is 5.82. The molecule has 0 radical (unpaired) electrons. The third kappa shape index (κ3) is 4.47. The van der Waals surface area contributed by atoms with E-state index in [0.717, 1.165) is 45.0 Å². The number of piperidine rings is 1. The van der Waals surface area contributed by atoms with Gasteiger partial charge in [0.1, 0.15) is 12.4 Å². The average Bonchev–Trinajstić information content (AvgIpc) is 3.47. The summed E-state index contributed by atoms with van der Waals surface area (Å²) in [5.41, 5.74) is 0.734. The lowest BCUT2D eigenvalue weighted by Gasteiger charge is -2.23. The predicted octanol–water partition coefficient (Wildman–Crippen LogP) is 3.52. The third-order valence-electron chi connectivity index (χ3n) is 5.56. The highest BCUT2D eigenvalue weighted by atomic mass is 19.1. The fourth-order valence-corrected chi connectivity index (χ4v) is 3.85. The van der Waals surface area contributed by atoms with E-state index in [1.54, 1.807) is 6.07 Å². The van der Waals surface area contributed by atoms with Crippen molar-refractivity contribution < 1.29 is 17.9 Å². The molecule has 1 aromatic heterocycles. The van der Waals surface area contributed by atoms with Crippen molar-refractivity contribution in [3.8, 4) is 5.75 Å². The Bertz CT molecular complexity index is 827. The minimum atomic E-state index is -0.761. The summed E-state index contributed by atoms with van der Waals surface area (Å²) < 4.78 is 47.5. The largest absolute Gasteiger partial charge is 0.485 e. The molecule has 1 saturated heterocycles. The lowest BCUT2D eigenvalue weighted by Crippen LogP contribution is -2.34. The maximum absolute atomic E-state index is 14.4. The first-order valence-corrected chi connectivity index (χ1v) is 9.77. The highest BCUT2D eigenvalue weighted by molar-refractivity contribution is 5.42. The normalized spacial score (nSPS) is 22.2. The zero-order chi connectivity index (χ0) is 19.5. The molecular weight excluding hydrogens is 367 g/mol. The van der Waals surface area contributed by atoms with Gasteiger partial charge >= 0.3 is 0 Å². The first-order chi connectivity index (χ1) is 13.6. The van der Waals surface area contributed by atoms with Crippen LogP contribution in [0.25, 0.3) is 0 Å². The van der Waals surface area contributed by atoms with Crippen LogP contribution in [0.3, 0.4) is 0 Å². The van der Waals surface area contributed by atoms with Crippen molar-refractivity contribution in [1.82, 2.24) is 15.6 Å². The van der Waals surface area contributed by atoms with Crippen LogP contribution in [0, 0.1) is 23.5 Å². The molecular formula is C21H24F3N3O. The van der Waals surface area contributed by atoms with Gasteiger partial charge in [-0.25, -0.2) is 13.8 Å². The number of nitrogens with one attached hydrogen (secondary N) is 2. The molecule has 2 N–H and O–H groups in total. The number of benzene rings is 1. The molecule has 1 saturated carbocycles. The minimum absolute atomic E-state index is 0.000612. The van der Waals surface area contributed by atoms with Gasteiger partial charge in [0.05, 0.1) is 0 Å². The zero-order valence-electron chi connectivity index (χ0n) is 15.6. The molecule has 4 rings (SSSR count). The molecule has 28 heavy (non-hydrogen) atoms. The molecule has 1 aromatic carbocycles. The van der Waals surface area contributed by atoms with E-state index in [4.69, 9.17) is 4.74 Å². The van der Waals surface area contributed by atoms with Crippen molar-refractivity contribution in [3.05, 3.63) is 59.2 Å². The van der Waals surface area contributed by atoms with Crippen molar-refractivity contribution in [2.24, 2.45) is 5.92 Å². The first kappa shape index (κ1) is 19.2. The van der Waals surface area contributed by atoms with Gasteiger partial charge in [0.25, 0.3) is 0 Å². The monoisotopic (exact) mass is 391 g/mol. The molecule has 2 heterocycles. The van der Waals surface area contributed by atoms with Gasteiger partial charge in [-0.15, -0.1) is 0 Å². The number of hydrogen-bond donors (Lipinski definition) is 2. The molecule has 4 nitrogen and oxygen atoms in total. The van der Waals surface area contributed by atoms with E-state index in [1.807, 2.05) is 0 Å². The summed E-state index contributed by atoms with van der Waals surface area (Å²) in [6.07, 6.45) is 4.44. The summed E-state index contributed by atoms with van der Waals surface area (Å²) in [5.74, 6) is -1.41. The Balaban J connectivity index is 1.43. The molecule has 1 aliphatic heterocycles. The van der Waals surface area contributed by atoms with Crippen molar-refractivity contribution in [2.75, 3.05) is 19.6 Å². The molecule has 0 spiro atoms. The fraction of sp³-hybridized carbons (Fsp3) is 0.476. The van der Waals surface area contributed by atoms with E-state index >= 15 is 0 Å². The van der Waals surface area contributed by atoms with Crippen molar-refractivity contribution in [2.45, 2.75) is 37.8 Å². The van der Waals surface area contributed by atoms with E-state index in [9.17, 15) is 13.2 Å². The van der Waals surface area contributed by atoms with Crippen LogP contribution in [0.4, 0.5) is 13.2 Å². The topological polar surface area (TPSA) is 46.2 Å². The molecule has 150 valence electrons. The van der Waals surface area contributed by atoms with Crippen molar-refractivity contribution in [1.29, 1.82) is 0 Å². The van der Waals surface area contributed by atoms with Crippen LogP contribution in [0.5, 0.6) is 5.75 Å². The second-order valence-electron chi connectivity index (χ2n) is 7.60. The fourth-order valence-electron chi connectivity index (χ4n) is 3.85. The molecule has 2 aromatic rings. The molecule has 2 unspecified atom stereocenters. The van der Waals surface area contributed by atoms with Crippen LogP contribution in [0.15, 0.2) is 30.5 Å². The standard InChI is InChI=1S/C21H24F3N3O/c22-15-8-17(16-10-19(16)27-11-13-3-6-25-7-4-13)20(18(23)9-15)28-12-14-2-1-5-26-21(14)24/h1-2,5,8-9,13,16,19,25,27H,3-4,6-7,10-12H2. The second kappa shape index (κ2) is 8.49. The highest BCUT2D eigenvalue weighted by Crippen LogP contribution is 2.46. The van der Waals surface area contributed by atoms with Gasteiger partial charge in [-0.3, -0.25) is 0 Å². The van der Waals surface area contributed by atoms with Crippen LogP contribution in [0.2, 0.25) is 0 Å². The molecule has 7 heteroatoms. The Morgan fingerprint density at radius 2 is 2.00 bits per heavy atom. The van der Waals surface area contributed by atoms with Crippen molar-refractivity contribution in [3.63, 3.8) is 0 Å². The number of ether oxygens (including phenoxy) is 1. The van der Waals surface area contributed by atoms with Crippen LogP contribution < -0.4 is 15.4 Å². The van der Waals surface area contributed by atoms with Gasteiger partial charge in [-0.2, -0.15) is 4.39 Å². The second-order valence-corrected chi connectivity index (χ2v) is 7.60. The van der Waals surface area contributed by atoms with Crippen LogP contribution in [0.1, 0.15) is 36.3 Å². The van der Waals surface area contributed by atoms with Crippen molar-refractivity contribution >= 4 is 0 Å². The van der Waals surface area contributed by atoms with E-state index in [2.05, 4.69) is 15.6 Å². The summed E-state index contributed by atoms with van der Waals surface area (Å²) >= 11 is 0. The smallest absolute Gasteiger partial charge is 0.219 e. The maximum atomic E-state index is 14.4. The zero-order valence-corrected chi connectivity index (χ0v) is 15.6. The number of nitrogens with zero attached hydrogens (tertiary/aromatic N) is 1. The molecule has 1 aliphatic carbocycles. The van der Waals surface area contributed by atoms with E-state index < -0.39 is 17.6 Å². The number of hydrogen-bond acceptors (Lipinski definition) is 4. The molecule has 0 bridgehead atoms. The Labute approximate surface area is 162 Å². The quantitative estimate of drug-likeness (QED) is 0.709. The van der Waals surface area contributed by atoms with Gasteiger partial charge in [-0.05, 0) is 63.0 Å². The summed E-state index contributed by atoms with van der Waals surface area (Å²) in [5, 5.41) is 6.87. The lowest BCUT2D eigenvalue weighted by molar-refractivity contribution is 0.278. The van der Waals surface area contributed by atoms with Gasteiger partial charge in [0, 0.05) is 35.3 Å². The number of halogens is 3. The summed E-state index contributed by atoms with van der Waals surface area (Å²) in [6.45, 7) is 2.84. The van der Waals surface area contributed by atoms with E-state index in [-0.39, 0.29) is 29.9 Å². The van der Waals surface area contributed by atoms with Crippen LogP contribution >= 0.6 is 0 Å². The molecule has 2 aliphatic rings. The van der Waals surface area contributed by atoms with E-state index in [1.165, 1.54) is 18.3 Å². The van der Waals surface area contributed by atoms with Gasteiger partial charge in [-0.1, -0.05) is 0 Å². The number of pyridine rings is 1. The van der Waals surface area contributed by atoms with Crippen LogP contribution in [-0.2, 0) is 6.61 Å². The lowest BCUT2D eigenvalue weighted by atomic mass is 9.98. The Morgan fingerprint density at radius 1 is 1.18 bits per heavy atom.